The smallest absolute Gasteiger partial charge is 0.254 e. The summed E-state index contributed by atoms with van der Waals surface area (Å²) in [6, 6.07) is 3.44. The van der Waals surface area contributed by atoms with Crippen LogP contribution in [0.4, 0.5) is 0 Å². The predicted octanol–water partition coefficient (Wildman–Crippen LogP) is 1.73. The average Bonchev–Trinajstić information content (AvgIpc) is 3.19. The highest BCUT2D eigenvalue weighted by Gasteiger charge is 2.22. The number of fused-ring (bicyclic) bond motifs is 1. The summed E-state index contributed by atoms with van der Waals surface area (Å²) in [5.41, 5.74) is 1.18. The molecule has 0 aromatic carbocycles. The lowest BCUT2D eigenvalue weighted by Gasteiger charge is -2.25. The third kappa shape index (κ3) is 3.05. The zero-order valence-electron chi connectivity index (χ0n) is 13.3. The maximum Gasteiger partial charge on any atom is 0.254 e. The standard InChI is InChI=1S/C15H18N6O2/c1-4-13-18-19-14(23-13)8-20(10(2)3)15(22)11-5-6-21-12(7-11)16-9-17-21/h5-7,9-10H,4,8H2,1-3H3. The SMILES string of the molecule is CCc1nnc(CN(C(=O)c2ccn3ncnc3c2)C(C)C)o1. The highest BCUT2D eigenvalue weighted by Crippen LogP contribution is 2.14. The summed E-state index contributed by atoms with van der Waals surface area (Å²) in [7, 11) is 0. The van der Waals surface area contributed by atoms with E-state index in [9.17, 15) is 4.79 Å². The van der Waals surface area contributed by atoms with Gasteiger partial charge in [0.05, 0.1) is 6.54 Å². The minimum atomic E-state index is -0.109. The Balaban J connectivity index is 1.85. The van der Waals surface area contributed by atoms with Crippen LogP contribution in [-0.4, -0.2) is 41.6 Å². The van der Waals surface area contributed by atoms with E-state index in [-0.39, 0.29) is 18.5 Å². The van der Waals surface area contributed by atoms with Gasteiger partial charge in [-0.2, -0.15) is 5.10 Å². The minimum absolute atomic E-state index is 0.00595. The molecule has 0 aliphatic heterocycles. The molecule has 3 rings (SSSR count). The van der Waals surface area contributed by atoms with Gasteiger partial charge in [0, 0.05) is 24.2 Å². The number of pyridine rings is 1. The van der Waals surface area contributed by atoms with E-state index in [0.717, 1.165) is 0 Å². The van der Waals surface area contributed by atoms with Gasteiger partial charge in [-0.3, -0.25) is 4.79 Å². The molecule has 3 aromatic rings. The molecule has 120 valence electrons. The Kier molecular flexibility index (Phi) is 4.05. The summed E-state index contributed by atoms with van der Waals surface area (Å²) in [6.45, 7) is 6.12. The zero-order valence-corrected chi connectivity index (χ0v) is 13.3. The molecule has 0 N–H and O–H groups in total. The van der Waals surface area contributed by atoms with Gasteiger partial charge < -0.3 is 9.32 Å². The number of hydrogen-bond donors (Lipinski definition) is 0. The first kappa shape index (κ1) is 15.1. The molecule has 0 radical (unpaired) electrons. The molecule has 0 atom stereocenters. The lowest BCUT2D eigenvalue weighted by molar-refractivity contribution is 0.0671. The van der Waals surface area contributed by atoms with E-state index in [0.29, 0.717) is 29.4 Å². The van der Waals surface area contributed by atoms with E-state index in [1.807, 2.05) is 20.8 Å². The molecule has 1 amide bonds. The van der Waals surface area contributed by atoms with Crippen molar-refractivity contribution >= 4 is 11.6 Å². The quantitative estimate of drug-likeness (QED) is 0.712. The average molecular weight is 314 g/mol. The van der Waals surface area contributed by atoms with Crippen LogP contribution < -0.4 is 0 Å². The Labute approximate surface area is 133 Å². The Morgan fingerprint density at radius 1 is 1.35 bits per heavy atom. The van der Waals surface area contributed by atoms with Crippen molar-refractivity contribution in [3.63, 3.8) is 0 Å². The second kappa shape index (κ2) is 6.15. The Morgan fingerprint density at radius 3 is 2.83 bits per heavy atom. The summed E-state index contributed by atoms with van der Waals surface area (Å²) in [5.74, 6) is 0.898. The molecule has 3 heterocycles. The van der Waals surface area contributed by atoms with Crippen molar-refractivity contribution < 1.29 is 9.21 Å². The van der Waals surface area contributed by atoms with Crippen molar-refractivity contribution in [2.24, 2.45) is 0 Å². The molecule has 0 bridgehead atoms. The Hall–Kier alpha value is -2.77. The number of carbonyl (C=O) groups is 1. The van der Waals surface area contributed by atoms with Crippen molar-refractivity contribution in [1.29, 1.82) is 0 Å². The second-order valence-electron chi connectivity index (χ2n) is 5.45. The number of aryl methyl sites for hydroxylation is 1. The first-order valence-corrected chi connectivity index (χ1v) is 7.50. The van der Waals surface area contributed by atoms with E-state index in [1.54, 1.807) is 27.7 Å². The van der Waals surface area contributed by atoms with Crippen LogP contribution in [0.1, 0.15) is 42.9 Å². The van der Waals surface area contributed by atoms with Crippen LogP contribution in [0.5, 0.6) is 0 Å². The van der Waals surface area contributed by atoms with Crippen molar-refractivity contribution in [1.82, 2.24) is 29.7 Å². The third-order valence-corrected chi connectivity index (χ3v) is 3.53. The van der Waals surface area contributed by atoms with Gasteiger partial charge in [0.25, 0.3) is 5.91 Å². The normalized spacial score (nSPS) is 11.3. The van der Waals surface area contributed by atoms with E-state index in [1.165, 1.54) is 6.33 Å². The largest absolute Gasteiger partial charge is 0.423 e. The molecule has 0 unspecified atom stereocenters. The lowest BCUT2D eigenvalue weighted by Crippen LogP contribution is -2.36. The molecule has 0 fully saturated rings. The minimum Gasteiger partial charge on any atom is -0.423 e. The van der Waals surface area contributed by atoms with Crippen molar-refractivity contribution in [2.45, 2.75) is 39.8 Å². The predicted molar refractivity (Wildman–Crippen MR) is 81.7 cm³/mol. The highest BCUT2D eigenvalue weighted by molar-refractivity contribution is 5.95. The number of rotatable bonds is 5. The van der Waals surface area contributed by atoms with Gasteiger partial charge in [0.15, 0.2) is 5.65 Å². The van der Waals surface area contributed by atoms with E-state index >= 15 is 0 Å². The molecular formula is C15H18N6O2. The van der Waals surface area contributed by atoms with Crippen LogP contribution in [0.2, 0.25) is 0 Å². The van der Waals surface area contributed by atoms with Crippen molar-refractivity contribution in [2.75, 3.05) is 0 Å². The van der Waals surface area contributed by atoms with E-state index in [4.69, 9.17) is 4.42 Å². The van der Waals surface area contributed by atoms with E-state index in [2.05, 4.69) is 20.3 Å². The van der Waals surface area contributed by atoms with Crippen LogP contribution in [0.3, 0.4) is 0 Å². The Bertz CT molecular complexity index is 822. The fourth-order valence-corrected chi connectivity index (χ4v) is 2.24. The lowest BCUT2D eigenvalue weighted by atomic mass is 10.2. The maximum absolute atomic E-state index is 12.8. The molecule has 23 heavy (non-hydrogen) atoms. The second-order valence-corrected chi connectivity index (χ2v) is 5.45. The summed E-state index contributed by atoms with van der Waals surface area (Å²) >= 11 is 0. The Morgan fingerprint density at radius 2 is 2.13 bits per heavy atom. The van der Waals surface area contributed by atoms with Gasteiger partial charge in [0.1, 0.15) is 6.33 Å². The maximum atomic E-state index is 12.8. The number of nitrogens with zero attached hydrogens (tertiary/aromatic N) is 6. The topological polar surface area (TPSA) is 89.4 Å². The summed E-state index contributed by atoms with van der Waals surface area (Å²) in [6.07, 6.45) is 3.84. The van der Waals surface area contributed by atoms with Crippen molar-refractivity contribution in [3.05, 3.63) is 42.0 Å². The number of aromatic nitrogens is 5. The first-order chi connectivity index (χ1) is 11.1. The molecular weight excluding hydrogens is 296 g/mol. The molecule has 0 spiro atoms. The van der Waals surface area contributed by atoms with Crippen LogP contribution in [0.15, 0.2) is 29.1 Å². The van der Waals surface area contributed by atoms with Crippen molar-refractivity contribution in [3.8, 4) is 0 Å². The molecule has 0 aliphatic carbocycles. The van der Waals surface area contributed by atoms with Gasteiger partial charge >= 0.3 is 0 Å². The van der Waals surface area contributed by atoms with Gasteiger partial charge in [-0.25, -0.2) is 9.50 Å². The fraction of sp³-hybridized carbons (Fsp3) is 0.400. The van der Waals surface area contributed by atoms with E-state index < -0.39 is 0 Å². The van der Waals surface area contributed by atoms with Gasteiger partial charge in [-0.05, 0) is 26.0 Å². The summed E-state index contributed by atoms with van der Waals surface area (Å²) in [4.78, 5) is 18.6. The van der Waals surface area contributed by atoms with Gasteiger partial charge in [0.2, 0.25) is 11.8 Å². The van der Waals surface area contributed by atoms with Crippen LogP contribution in [-0.2, 0) is 13.0 Å². The van der Waals surface area contributed by atoms with Gasteiger partial charge in [-0.15, -0.1) is 10.2 Å². The monoisotopic (exact) mass is 314 g/mol. The first-order valence-electron chi connectivity index (χ1n) is 7.50. The number of amides is 1. The van der Waals surface area contributed by atoms with Crippen LogP contribution in [0.25, 0.3) is 5.65 Å². The summed E-state index contributed by atoms with van der Waals surface area (Å²) in [5, 5.41) is 12.0. The molecule has 0 saturated heterocycles. The number of hydrogen-bond acceptors (Lipinski definition) is 6. The fourth-order valence-electron chi connectivity index (χ4n) is 2.24. The molecule has 8 nitrogen and oxygen atoms in total. The van der Waals surface area contributed by atoms with Gasteiger partial charge in [-0.1, -0.05) is 6.92 Å². The van der Waals surface area contributed by atoms with Crippen LogP contribution in [0, 0.1) is 0 Å². The molecule has 8 heteroatoms. The number of carbonyl (C=O) groups excluding carboxylic acids is 1. The third-order valence-electron chi connectivity index (χ3n) is 3.53. The molecule has 0 saturated carbocycles. The zero-order chi connectivity index (χ0) is 16.4. The molecule has 3 aromatic heterocycles. The summed E-state index contributed by atoms with van der Waals surface area (Å²) < 4.78 is 7.13. The molecule has 0 aliphatic rings. The van der Waals surface area contributed by atoms with Crippen LogP contribution >= 0.6 is 0 Å². The highest BCUT2D eigenvalue weighted by atomic mass is 16.4.